The van der Waals surface area contributed by atoms with Gasteiger partial charge in [0, 0.05) is 5.56 Å². The molecule has 0 radical (unpaired) electrons. The topological polar surface area (TPSA) is 63.2 Å². The zero-order valence-corrected chi connectivity index (χ0v) is 14.3. The average molecular weight is 351 g/mol. The van der Waals surface area contributed by atoms with Crippen LogP contribution in [-0.2, 0) is 17.6 Å². The molecule has 1 aliphatic rings. The molecule has 0 aliphatic carbocycles. The van der Waals surface area contributed by atoms with E-state index in [4.69, 9.17) is 0 Å². The fourth-order valence-electron chi connectivity index (χ4n) is 2.55. The first-order valence-corrected chi connectivity index (χ1v) is 8.85. The minimum absolute atomic E-state index is 0.00819. The molecule has 25 heavy (non-hydrogen) atoms. The third kappa shape index (κ3) is 4.67. The molecular weight excluding hydrogens is 334 g/mol. The highest BCUT2D eigenvalue weighted by molar-refractivity contribution is 8.15. The second-order valence-corrected chi connectivity index (χ2v) is 6.92. The van der Waals surface area contributed by atoms with Gasteiger partial charge >= 0.3 is 0 Å². The van der Waals surface area contributed by atoms with Gasteiger partial charge in [0.2, 0.25) is 5.91 Å². The van der Waals surface area contributed by atoms with Gasteiger partial charge in [0.25, 0.3) is 5.24 Å². The Morgan fingerprint density at radius 3 is 2.32 bits per heavy atom. The maximum atomic E-state index is 12.0. The lowest BCUT2D eigenvalue weighted by Crippen LogP contribution is -2.25. The molecule has 1 N–H and O–H groups in total. The van der Waals surface area contributed by atoms with Crippen LogP contribution in [0, 0.1) is 0 Å². The number of amides is 2. The van der Waals surface area contributed by atoms with E-state index in [9.17, 15) is 14.4 Å². The van der Waals surface area contributed by atoms with Crippen molar-refractivity contribution >= 4 is 28.7 Å². The third-order valence-electron chi connectivity index (χ3n) is 3.89. The van der Waals surface area contributed by atoms with E-state index in [0.29, 0.717) is 18.4 Å². The van der Waals surface area contributed by atoms with E-state index in [0.717, 1.165) is 22.9 Å². The van der Waals surface area contributed by atoms with Gasteiger partial charge in [-0.3, -0.25) is 19.7 Å². The normalized spacial score (nSPS) is 17.0. The predicted octanol–water partition coefficient (Wildman–Crippen LogP) is 3.56. The van der Waals surface area contributed by atoms with Gasteiger partial charge in [0.1, 0.15) is 0 Å². The van der Waals surface area contributed by atoms with E-state index in [1.807, 2.05) is 48.5 Å². The molecule has 2 aromatic rings. The Labute approximate surface area is 150 Å². The maximum absolute atomic E-state index is 12.0. The second kappa shape index (κ2) is 7.94. The lowest BCUT2D eigenvalue weighted by atomic mass is 10.0. The first kappa shape index (κ1) is 17.2. The van der Waals surface area contributed by atoms with E-state index in [-0.39, 0.29) is 22.2 Å². The van der Waals surface area contributed by atoms with E-state index < -0.39 is 0 Å². The number of hydrogen-bond acceptors (Lipinski definition) is 4. The van der Waals surface area contributed by atoms with Crippen LogP contribution in [-0.4, -0.2) is 22.2 Å². The summed E-state index contributed by atoms with van der Waals surface area (Å²) in [4.78, 5) is 34.7. The van der Waals surface area contributed by atoms with Crippen LogP contribution in [0.4, 0.5) is 4.79 Å². The maximum Gasteiger partial charge on any atom is 0.286 e. The number of carbonyl (C=O) groups excluding carboxylic acids is 3. The zero-order valence-electron chi connectivity index (χ0n) is 13.5. The number of nitrogens with one attached hydrogen (secondary N) is 1. The van der Waals surface area contributed by atoms with E-state index in [2.05, 4.69) is 5.32 Å². The molecule has 0 bridgehead atoms. The van der Waals surface area contributed by atoms with Crippen molar-refractivity contribution in [2.24, 2.45) is 0 Å². The predicted molar refractivity (Wildman–Crippen MR) is 98.7 cm³/mol. The van der Waals surface area contributed by atoms with Crippen molar-refractivity contribution in [3.05, 3.63) is 83.4 Å². The van der Waals surface area contributed by atoms with Crippen LogP contribution < -0.4 is 5.32 Å². The van der Waals surface area contributed by atoms with Crippen LogP contribution in [0.15, 0.2) is 66.7 Å². The number of thioether (sulfide) groups is 1. The summed E-state index contributed by atoms with van der Waals surface area (Å²) in [5.74, 6) is -0.229. The summed E-state index contributed by atoms with van der Waals surface area (Å²) in [5.41, 5.74) is 2.77. The molecule has 126 valence electrons. The Balaban J connectivity index is 1.54. The van der Waals surface area contributed by atoms with Crippen molar-refractivity contribution < 1.29 is 14.4 Å². The molecule has 0 aromatic heterocycles. The van der Waals surface area contributed by atoms with Gasteiger partial charge in [-0.1, -0.05) is 72.4 Å². The fraction of sp³-hybridized carbons (Fsp3) is 0.150. The molecule has 0 saturated carbocycles. The molecule has 3 rings (SSSR count). The zero-order chi connectivity index (χ0) is 17.6. The van der Waals surface area contributed by atoms with Crippen molar-refractivity contribution in [1.29, 1.82) is 0 Å². The monoisotopic (exact) mass is 351 g/mol. The van der Waals surface area contributed by atoms with Crippen molar-refractivity contribution in [2.75, 3.05) is 0 Å². The van der Waals surface area contributed by atoms with Crippen LogP contribution in [0.2, 0.25) is 0 Å². The van der Waals surface area contributed by atoms with Crippen LogP contribution in [0.25, 0.3) is 0 Å². The quantitative estimate of drug-likeness (QED) is 0.638. The highest BCUT2D eigenvalue weighted by Crippen LogP contribution is 2.23. The summed E-state index contributed by atoms with van der Waals surface area (Å²) in [7, 11) is 0. The van der Waals surface area contributed by atoms with Gasteiger partial charge in [-0.15, -0.1) is 0 Å². The third-order valence-corrected chi connectivity index (χ3v) is 4.87. The summed E-state index contributed by atoms with van der Waals surface area (Å²) in [5, 5.41) is 1.67. The smallest absolute Gasteiger partial charge is 0.286 e. The highest BCUT2D eigenvalue weighted by Gasteiger charge is 2.31. The molecular formula is C20H17NO3S. The molecule has 1 atom stereocenters. The molecule has 1 saturated heterocycles. The summed E-state index contributed by atoms with van der Waals surface area (Å²) in [6, 6.07) is 17.0. The van der Waals surface area contributed by atoms with Crippen LogP contribution in [0.1, 0.15) is 21.5 Å². The molecule has 2 amide bonds. The Kier molecular flexibility index (Phi) is 5.46. The number of benzene rings is 2. The minimum atomic E-state index is -0.346. The van der Waals surface area contributed by atoms with Gasteiger partial charge in [-0.25, -0.2) is 0 Å². The number of imide groups is 1. The standard InChI is InChI=1S/C20H17NO3S/c22-17(16-6-2-1-3-7-16)8-4-5-14-9-11-15(12-10-14)13-18-19(23)21-20(24)25-18/h1-4,6-12,18H,5,13H2,(H,21,23,24)/b8-4+. The van der Waals surface area contributed by atoms with Gasteiger partial charge in [-0.05, 0) is 30.0 Å². The average Bonchev–Trinajstić information content (AvgIpc) is 2.94. The number of ketones is 1. The number of rotatable bonds is 6. The van der Waals surface area contributed by atoms with E-state index in [1.165, 1.54) is 0 Å². The number of allylic oxidation sites excluding steroid dienone is 2. The molecule has 2 aromatic carbocycles. The number of carbonyl (C=O) groups is 3. The summed E-state index contributed by atoms with van der Waals surface area (Å²) >= 11 is 1.04. The Morgan fingerprint density at radius 1 is 1.00 bits per heavy atom. The summed E-state index contributed by atoms with van der Waals surface area (Å²) in [6.07, 6.45) is 4.64. The molecule has 4 nitrogen and oxygen atoms in total. The lowest BCUT2D eigenvalue weighted by Gasteiger charge is -2.06. The fourth-order valence-corrected chi connectivity index (χ4v) is 3.41. The lowest BCUT2D eigenvalue weighted by molar-refractivity contribution is -0.118. The Bertz CT molecular complexity index is 813. The van der Waals surface area contributed by atoms with E-state index in [1.54, 1.807) is 18.2 Å². The van der Waals surface area contributed by atoms with Gasteiger partial charge in [0.05, 0.1) is 5.25 Å². The summed E-state index contributed by atoms with van der Waals surface area (Å²) < 4.78 is 0. The molecule has 0 spiro atoms. The highest BCUT2D eigenvalue weighted by atomic mass is 32.2. The first-order valence-electron chi connectivity index (χ1n) is 7.97. The first-order chi connectivity index (χ1) is 12.1. The second-order valence-electron chi connectivity index (χ2n) is 5.74. The summed E-state index contributed by atoms with van der Waals surface area (Å²) in [6.45, 7) is 0. The molecule has 5 heteroatoms. The van der Waals surface area contributed by atoms with Crippen LogP contribution >= 0.6 is 11.8 Å². The molecule has 1 fully saturated rings. The van der Waals surface area contributed by atoms with Crippen LogP contribution in [0.5, 0.6) is 0 Å². The minimum Gasteiger partial charge on any atom is -0.289 e. The van der Waals surface area contributed by atoms with Crippen molar-refractivity contribution in [1.82, 2.24) is 5.32 Å². The van der Waals surface area contributed by atoms with Crippen LogP contribution in [0.3, 0.4) is 0 Å². The Morgan fingerprint density at radius 2 is 1.68 bits per heavy atom. The van der Waals surface area contributed by atoms with Gasteiger partial charge in [-0.2, -0.15) is 0 Å². The van der Waals surface area contributed by atoms with Gasteiger partial charge in [0.15, 0.2) is 5.78 Å². The van der Waals surface area contributed by atoms with Crippen molar-refractivity contribution in [2.45, 2.75) is 18.1 Å². The molecule has 1 heterocycles. The Hall–Kier alpha value is -2.66. The largest absolute Gasteiger partial charge is 0.289 e. The number of hydrogen-bond donors (Lipinski definition) is 1. The molecule has 1 unspecified atom stereocenters. The van der Waals surface area contributed by atoms with Crippen molar-refractivity contribution in [3.63, 3.8) is 0 Å². The van der Waals surface area contributed by atoms with Crippen molar-refractivity contribution in [3.8, 4) is 0 Å². The van der Waals surface area contributed by atoms with Gasteiger partial charge < -0.3 is 0 Å². The van der Waals surface area contributed by atoms with E-state index >= 15 is 0 Å². The SMILES string of the molecule is O=C1NC(=O)C(Cc2ccc(C/C=C/C(=O)c3ccccc3)cc2)S1. The molecule has 1 aliphatic heterocycles.